The Morgan fingerprint density at radius 2 is 1.82 bits per heavy atom. The van der Waals surface area contributed by atoms with Gasteiger partial charge in [0.1, 0.15) is 29.9 Å². The Morgan fingerprint density at radius 3 is 2.43 bits per heavy atom. The van der Waals surface area contributed by atoms with Crippen LogP contribution in [-0.2, 0) is 25.0 Å². The number of fused-ring (bicyclic) bond motifs is 4. The predicted octanol–water partition coefficient (Wildman–Crippen LogP) is 6.58. The van der Waals surface area contributed by atoms with Crippen LogP contribution in [0.1, 0.15) is 98.8 Å². The zero-order chi connectivity index (χ0) is 36.3. The van der Waals surface area contributed by atoms with Crippen molar-refractivity contribution in [1.29, 1.82) is 5.26 Å². The van der Waals surface area contributed by atoms with E-state index in [-0.39, 0.29) is 29.6 Å². The number of hydrogen-bond acceptors (Lipinski definition) is 9. The van der Waals surface area contributed by atoms with Gasteiger partial charge in [-0.3, -0.25) is 4.79 Å². The average molecular weight is 684 g/mol. The maximum Gasteiger partial charge on any atom is 0.408 e. The number of allylic oxidation sites excluding steroid dienone is 2. The van der Waals surface area contributed by atoms with Crippen molar-refractivity contribution in [2.45, 2.75) is 123 Å². The third-order valence-corrected chi connectivity index (χ3v) is 8.67. The molecular weight excluding hydrogens is 636 g/mol. The van der Waals surface area contributed by atoms with E-state index in [0.717, 1.165) is 6.08 Å². The van der Waals surface area contributed by atoms with Crippen LogP contribution in [0.25, 0.3) is 11.0 Å². The standard InChI is InChI=1S/C36H47F2N5O6/c1-9-22-14-12-11-13-17-36(37,38)28-30(41-25-18-21(19-39)15-16-24(25)40-28)48-26-20-43(27(23(26)10-2)32(45)49-35(6,7)8)31(44)29(34(3,4)5)42-33(46)47-22/h13,15-18,22-23,26-27,29H,9-12,14,20H2,1-8H3,(H,42,46)/b17-13+/t22-,23-,26+,27+,29-/m1/s1. The van der Waals surface area contributed by atoms with E-state index < -0.39 is 76.7 Å². The van der Waals surface area contributed by atoms with Gasteiger partial charge in [-0.25, -0.2) is 19.6 Å². The average Bonchev–Trinajstić information content (AvgIpc) is 3.38. The smallest absolute Gasteiger partial charge is 0.408 e. The zero-order valence-corrected chi connectivity index (χ0v) is 29.5. The quantitative estimate of drug-likeness (QED) is 0.280. The first-order chi connectivity index (χ1) is 22.9. The zero-order valence-electron chi connectivity index (χ0n) is 29.5. The summed E-state index contributed by atoms with van der Waals surface area (Å²) in [6.07, 6.45) is 1.72. The number of nitriles is 1. The van der Waals surface area contributed by atoms with Crippen molar-refractivity contribution >= 4 is 29.0 Å². The van der Waals surface area contributed by atoms with Crippen LogP contribution in [0.5, 0.6) is 5.88 Å². The number of cyclic esters (lactones) is 1. The monoisotopic (exact) mass is 683 g/mol. The summed E-state index contributed by atoms with van der Waals surface area (Å²) in [6, 6.07) is 4.07. The molecule has 1 saturated heterocycles. The molecule has 4 rings (SSSR count). The Kier molecular flexibility index (Phi) is 11.2. The fourth-order valence-corrected chi connectivity index (χ4v) is 6.17. The number of benzene rings is 1. The van der Waals surface area contributed by atoms with Crippen LogP contribution in [-0.4, -0.2) is 69.3 Å². The summed E-state index contributed by atoms with van der Waals surface area (Å²) in [6.45, 7) is 13.9. The molecule has 0 unspecified atom stereocenters. The minimum Gasteiger partial charge on any atom is -0.471 e. The van der Waals surface area contributed by atoms with Gasteiger partial charge in [0.15, 0.2) is 5.69 Å². The largest absolute Gasteiger partial charge is 0.471 e. The number of alkyl carbamates (subject to hydrolysis) is 1. The summed E-state index contributed by atoms with van der Waals surface area (Å²) in [4.78, 5) is 51.5. The number of nitrogens with zero attached hydrogens (tertiary/aromatic N) is 4. The number of nitrogens with one attached hydrogen (secondary N) is 1. The van der Waals surface area contributed by atoms with E-state index in [4.69, 9.17) is 14.2 Å². The highest BCUT2D eigenvalue weighted by Crippen LogP contribution is 2.39. The highest BCUT2D eigenvalue weighted by atomic mass is 19.3. The molecule has 0 radical (unpaired) electrons. The SMILES string of the molecule is CC[C@@H]1CCC/C=C/C(F)(F)c2nc3ccc(C#N)cc3nc2O[C@H]2CN(C(=O)[C@H](C(C)(C)C)NC(=O)O1)[C@H](C(=O)OC(C)(C)C)[C@@H]2CC. The molecular formula is C36H47F2N5O6. The Bertz CT molecular complexity index is 1630. The van der Waals surface area contributed by atoms with Gasteiger partial charge in [-0.1, -0.05) is 40.7 Å². The van der Waals surface area contributed by atoms with Gasteiger partial charge in [0.25, 0.3) is 0 Å². The minimum atomic E-state index is -3.62. The number of rotatable bonds is 3. The Hall–Kier alpha value is -4.34. The van der Waals surface area contributed by atoms with Crippen LogP contribution >= 0.6 is 0 Å². The maximum absolute atomic E-state index is 16.0. The molecule has 1 fully saturated rings. The minimum absolute atomic E-state index is 0.144. The molecule has 1 N–H and O–H groups in total. The van der Waals surface area contributed by atoms with E-state index in [1.165, 1.54) is 29.2 Å². The summed E-state index contributed by atoms with van der Waals surface area (Å²) < 4.78 is 49.8. The molecule has 3 heterocycles. The number of alkyl halides is 2. The van der Waals surface area contributed by atoms with Crippen LogP contribution < -0.4 is 10.1 Å². The second kappa shape index (κ2) is 14.6. The van der Waals surface area contributed by atoms with Gasteiger partial charge in [-0.15, -0.1) is 0 Å². The van der Waals surface area contributed by atoms with Gasteiger partial charge < -0.3 is 24.4 Å². The van der Waals surface area contributed by atoms with Gasteiger partial charge in [0, 0.05) is 5.92 Å². The van der Waals surface area contributed by atoms with Crippen LogP contribution in [0, 0.1) is 22.7 Å². The van der Waals surface area contributed by atoms with Crippen molar-refractivity contribution in [3.05, 3.63) is 41.6 Å². The normalized spacial score (nSPS) is 25.9. The van der Waals surface area contributed by atoms with Crippen molar-refractivity contribution < 1.29 is 37.4 Å². The maximum atomic E-state index is 16.0. The van der Waals surface area contributed by atoms with Crippen molar-refractivity contribution in [1.82, 2.24) is 20.2 Å². The van der Waals surface area contributed by atoms with Crippen molar-refractivity contribution in [3.8, 4) is 11.9 Å². The highest BCUT2D eigenvalue weighted by Gasteiger charge is 2.53. The number of aromatic nitrogens is 2. The van der Waals surface area contributed by atoms with Gasteiger partial charge in [-0.2, -0.15) is 14.0 Å². The first-order valence-electron chi connectivity index (χ1n) is 16.8. The lowest BCUT2D eigenvalue weighted by Gasteiger charge is -2.36. The molecule has 0 saturated carbocycles. The molecule has 13 heteroatoms. The molecule has 2 aliphatic heterocycles. The third-order valence-electron chi connectivity index (χ3n) is 8.67. The Morgan fingerprint density at radius 1 is 1.10 bits per heavy atom. The number of hydrogen-bond donors (Lipinski definition) is 1. The van der Waals surface area contributed by atoms with Crippen LogP contribution in [0.2, 0.25) is 0 Å². The first-order valence-corrected chi connectivity index (χ1v) is 16.8. The van der Waals surface area contributed by atoms with Gasteiger partial charge >= 0.3 is 18.0 Å². The fourth-order valence-electron chi connectivity index (χ4n) is 6.17. The lowest BCUT2D eigenvalue weighted by Crippen LogP contribution is -2.58. The predicted molar refractivity (Wildman–Crippen MR) is 178 cm³/mol. The lowest BCUT2D eigenvalue weighted by atomic mass is 9.85. The number of amides is 2. The summed E-state index contributed by atoms with van der Waals surface area (Å²) in [7, 11) is 0. The fraction of sp³-hybridized carbons (Fsp3) is 0.611. The van der Waals surface area contributed by atoms with E-state index in [9.17, 15) is 19.6 Å². The van der Waals surface area contributed by atoms with Crippen LogP contribution in [0.3, 0.4) is 0 Å². The molecule has 0 spiro atoms. The number of carbonyl (C=O) groups excluding carboxylic acids is 3. The molecule has 49 heavy (non-hydrogen) atoms. The highest BCUT2D eigenvalue weighted by molar-refractivity contribution is 5.91. The first kappa shape index (κ1) is 37.5. The second-order valence-electron chi connectivity index (χ2n) is 14.7. The summed E-state index contributed by atoms with van der Waals surface area (Å²) >= 11 is 0. The molecule has 2 amide bonds. The third kappa shape index (κ3) is 8.83. The van der Waals surface area contributed by atoms with E-state index in [1.54, 1.807) is 48.5 Å². The number of halogens is 2. The van der Waals surface area contributed by atoms with Gasteiger partial charge in [0.05, 0.1) is 29.2 Å². The Labute approximate surface area is 286 Å². The summed E-state index contributed by atoms with van der Waals surface area (Å²) in [5.74, 6) is -6.07. The van der Waals surface area contributed by atoms with Crippen molar-refractivity contribution in [2.24, 2.45) is 11.3 Å². The summed E-state index contributed by atoms with van der Waals surface area (Å²) in [5, 5.41) is 12.2. The number of esters is 1. The number of carbonyl (C=O) groups is 3. The molecule has 11 nitrogen and oxygen atoms in total. The van der Waals surface area contributed by atoms with Crippen LogP contribution in [0.4, 0.5) is 13.6 Å². The Balaban J connectivity index is 1.91. The molecule has 0 aliphatic carbocycles. The molecule has 2 aromatic rings. The molecule has 266 valence electrons. The molecule has 5 atom stereocenters. The van der Waals surface area contributed by atoms with Crippen molar-refractivity contribution in [2.75, 3.05) is 6.54 Å². The van der Waals surface area contributed by atoms with E-state index >= 15 is 8.78 Å². The van der Waals surface area contributed by atoms with E-state index in [2.05, 4.69) is 15.3 Å². The molecule has 1 aromatic heterocycles. The van der Waals surface area contributed by atoms with Crippen molar-refractivity contribution in [3.63, 3.8) is 0 Å². The van der Waals surface area contributed by atoms with E-state index in [1.807, 2.05) is 13.0 Å². The second-order valence-corrected chi connectivity index (χ2v) is 14.7. The molecule has 1 aromatic carbocycles. The molecule has 2 bridgehead atoms. The summed E-state index contributed by atoms with van der Waals surface area (Å²) in [5.41, 5.74) is -1.88. The lowest BCUT2D eigenvalue weighted by molar-refractivity contribution is -0.165. The number of ether oxygens (including phenoxy) is 3. The molecule has 2 aliphatic rings. The topological polar surface area (TPSA) is 144 Å². The van der Waals surface area contributed by atoms with Gasteiger partial charge in [0.2, 0.25) is 11.8 Å². The van der Waals surface area contributed by atoms with E-state index in [0.29, 0.717) is 25.7 Å². The van der Waals surface area contributed by atoms with Gasteiger partial charge in [-0.05, 0) is 82.6 Å². The van der Waals surface area contributed by atoms with Crippen LogP contribution in [0.15, 0.2) is 30.4 Å².